The molecule has 0 aromatic carbocycles. The molecule has 4 heteroatoms. The van der Waals surface area contributed by atoms with E-state index >= 15 is 0 Å². The Kier molecular flexibility index (Phi) is 3.61. The average Bonchev–Trinajstić information content (AvgIpc) is 2.33. The molecule has 1 aromatic rings. The number of aliphatic carboxylic acids is 1. The summed E-state index contributed by atoms with van der Waals surface area (Å²) in [5.74, 6) is 0.0744. The quantitative estimate of drug-likeness (QED) is 0.843. The van der Waals surface area contributed by atoms with E-state index in [4.69, 9.17) is 5.11 Å². The van der Waals surface area contributed by atoms with Gasteiger partial charge in [-0.15, -0.1) is 0 Å². The highest BCUT2D eigenvalue weighted by molar-refractivity contribution is 5.70. The van der Waals surface area contributed by atoms with Gasteiger partial charge in [-0.2, -0.15) is 0 Å². The van der Waals surface area contributed by atoms with E-state index < -0.39 is 5.97 Å². The molecule has 1 heterocycles. The number of hydrogen-bond acceptors (Lipinski definition) is 3. The van der Waals surface area contributed by atoms with Crippen molar-refractivity contribution in [1.29, 1.82) is 0 Å². The second-order valence-corrected chi connectivity index (χ2v) is 4.75. The predicted molar refractivity (Wildman–Crippen MR) is 66.0 cm³/mol. The van der Waals surface area contributed by atoms with Gasteiger partial charge in [-0.3, -0.25) is 4.79 Å². The van der Waals surface area contributed by atoms with Crippen LogP contribution in [-0.4, -0.2) is 22.1 Å². The fourth-order valence-electron chi connectivity index (χ4n) is 2.25. The molecular formula is C13H18N2O2. The van der Waals surface area contributed by atoms with Crippen LogP contribution in [0.15, 0.2) is 18.3 Å². The summed E-state index contributed by atoms with van der Waals surface area (Å²) in [7, 11) is 0. The van der Waals surface area contributed by atoms with Crippen molar-refractivity contribution in [1.82, 2.24) is 4.98 Å². The van der Waals surface area contributed by atoms with Gasteiger partial charge in [0.25, 0.3) is 0 Å². The van der Waals surface area contributed by atoms with Crippen molar-refractivity contribution in [2.45, 2.75) is 38.6 Å². The SMILES string of the molecule is Cc1ccc(NC2CCC(C(=O)O)CC2)nc1. The second kappa shape index (κ2) is 5.17. The third kappa shape index (κ3) is 3.19. The molecule has 1 saturated carbocycles. The van der Waals surface area contributed by atoms with Gasteiger partial charge in [-0.05, 0) is 44.2 Å². The first-order valence-electron chi connectivity index (χ1n) is 6.07. The first-order valence-corrected chi connectivity index (χ1v) is 6.07. The van der Waals surface area contributed by atoms with Crippen molar-refractivity contribution in [3.63, 3.8) is 0 Å². The molecule has 0 unspecified atom stereocenters. The normalized spacial score (nSPS) is 24.3. The topological polar surface area (TPSA) is 62.2 Å². The molecule has 1 aromatic heterocycles. The summed E-state index contributed by atoms with van der Waals surface area (Å²) in [4.78, 5) is 15.1. The molecule has 1 fully saturated rings. The number of aromatic nitrogens is 1. The van der Waals surface area contributed by atoms with Crippen molar-refractivity contribution in [3.05, 3.63) is 23.9 Å². The molecule has 0 spiro atoms. The molecule has 4 nitrogen and oxygen atoms in total. The highest BCUT2D eigenvalue weighted by atomic mass is 16.4. The van der Waals surface area contributed by atoms with Gasteiger partial charge >= 0.3 is 5.97 Å². The van der Waals surface area contributed by atoms with Crippen molar-refractivity contribution in [2.24, 2.45) is 5.92 Å². The Morgan fingerprint density at radius 1 is 1.35 bits per heavy atom. The first-order chi connectivity index (χ1) is 8.15. The number of pyridine rings is 1. The number of carbonyl (C=O) groups is 1. The summed E-state index contributed by atoms with van der Waals surface area (Å²) < 4.78 is 0. The van der Waals surface area contributed by atoms with Crippen LogP contribution in [0.2, 0.25) is 0 Å². The summed E-state index contributed by atoms with van der Waals surface area (Å²) in [6, 6.07) is 4.36. The molecule has 1 aliphatic carbocycles. The fourth-order valence-corrected chi connectivity index (χ4v) is 2.25. The van der Waals surface area contributed by atoms with Gasteiger partial charge in [0.05, 0.1) is 5.92 Å². The van der Waals surface area contributed by atoms with E-state index in [9.17, 15) is 4.79 Å². The summed E-state index contributed by atoms with van der Waals surface area (Å²) in [6.07, 6.45) is 5.18. The third-order valence-electron chi connectivity index (χ3n) is 3.34. The lowest BCUT2D eigenvalue weighted by molar-refractivity contribution is -0.142. The lowest BCUT2D eigenvalue weighted by atomic mass is 9.86. The van der Waals surface area contributed by atoms with E-state index in [1.165, 1.54) is 0 Å². The predicted octanol–water partition coefficient (Wildman–Crippen LogP) is 2.45. The minimum absolute atomic E-state index is 0.154. The van der Waals surface area contributed by atoms with Crippen LogP contribution in [0, 0.1) is 12.8 Å². The molecule has 17 heavy (non-hydrogen) atoms. The van der Waals surface area contributed by atoms with Crippen molar-refractivity contribution < 1.29 is 9.90 Å². The van der Waals surface area contributed by atoms with E-state index in [1.807, 2.05) is 25.3 Å². The Morgan fingerprint density at radius 3 is 2.59 bits per heavy atom. The Morgan fingerprint density at radius 2 is 2.06 bits per heavy atom. The van der Waals surface area contributed by atoms with Gasteiger partial charge in [0.2, 0.25) is 0 Å². The van der Waals surface area contributed by atoms with Gasteiger partial charge in [-0.1, -0.05) is 6.07 Å². The first kappa shape index (κ1) is 11.9. The molecule has 0 bridgehead atoms. The Bertz CT molecular complexity index is 381. The lowest BCUT2D eigenvalue weighted by Gasteiger charge is -2.27. The molecule has 0 radical (unpaired) electrons. The maximum absolute atomic E-state index is 10.8. The largest absolute Gasteiger partial charge is 0.481 e. The average molecular weight is 234 g/mol. The van der Waals surface area contributed by atoms with Crippen molar-refractivity contribution in [2.75, 3.05) is 5.32 Å². The molecular weight excluding hydrogens is 216 g/mol. The molecule has 2 rings (SSSR count). The molecule has 0 saturated heterocycles. The van der Waals surface area contributed by atoms with Crippen LogP contribution in [0.5, 0.6) is 0 Å². The highest BCUT2D eigenvalue weighted by Gasteiger charge is 2.25. The number of nitrogens with one attached hydrogen (secondary N) is 1. The van der Waals surface area contributed by atoms with Gasteiger partial charge in [0, 0.05) is 12.2 Å². The minimum atomic E-state index is -0.656. The van der Waals surface area contributed by atoms with Crippen molar-refractivity contribution in [3.8, 4) is 0 Å². The zero-order chi connectivity index (χ0) is 12.3. The molecule has 0 atom stereocenters. The number of anilines is 1. The third-order valence-corrected chi connectivity index (χ3v) is 3.34. The van der Waals surface area contributed by atoms with Crippen LogP contribution >= 0.6 is 0 Å². The zero-order valence-electron chi connectivity index (χ0n) is 10.0. The van der Waals surface area contributed by atoms with E-state index in [1.54, 1.807) is 0 Å². The summed E-state index contributed by atoms with van der Waals surface area (Å²) in [6.45, 7) is 2.01. The van der Waals surface area contributed by atoms with E-state index in [0.717, 1.165) is 37.1 Å². The maximum Gasteiger partial charge on any atom is 0.306 e. The maximum atomic E-state index is 10.8. The molecule has 1 aliphatic rings. The zero-order valence-corrected chi connectivity index (χ0v) is 10.0. The van der Waals surface area contributed by atoms with Crippen LogP contribution in [0.4, 0.5) is 5.82 Å². The number of carboxylic acids is 1. The van der Waals surface area contributed by atoms with Crippen LogP contribution in [0.3, 0.4) is 0 Å². The number of nitrogens with zero attached hydrogens (tertiary/aromatic N) is 1. The van der Waals surface area contributed by atoms with Gasteiger partial charge in [-0.25, -0.2) is 4.98 Å². The second-order valence-electron chi connectivity index (χ2n) is 4.75. The molecule has 92 valence electrons. The number of hydrogen-bond donors (Lipinski definition) is 2. The Labute approximate surface area is 101 Å². The Balaban J connectivity index is 1.85. The monoisotopic (exact) mass is 234 g/mol. The Hall–Kier alpha value is -1.58. The van der Waals surface area contributed by atoms with Gasteiger partial charge < -0.3 is 10.4 Å². The highest BCUT2D eigenvalue weighted by Crippen LogP contribution is 2.26. The molecule has 0 aliphatic heterocycles. The number of rotatable bonds is 3. The van der Waals surface area contributed by atoms with Gasteiger partial charge in [0.15, 0.2) is 0 Å². The van der Waals surface area contributed by atoms with Gasteiger partial charge in [0.1, 0.15) is 5.82 Å². The van der Waals surface area contributed by atoms with Crippen LogP contribution in [0.25, 0.3) is 0 Å². The summed E-state index contributed by atoms with van der Waals surface area (Å²) in [5, 5.41) is 12.3. The molecule has 0 amide bonds. The van der Waals surface area contributed by atoms with E-state index in [-0.39, 0.29) is 5.92 Å². The van der Waals surface area contributed by atoms with Crippen LogP contribution < -0.4 is 5.32 Å². The standard InChI is InChI=1S/C13H18N2O2/c1-9-2-7-12(14-8-9)15-11-5-3-10(4-6-11)13(16)17/h2,7-8,10-11H,3-6H2,1H3,(H,14,15)(H,16,17). The van der Waals surface area contributed by atoms with Crippen LogP contribution in [0.1, 0.15) is 31.2 Å². The van der Waals surface area contributed by atoms with E-state index in [0.29, 0.717) is 6.04 Å². The number of aryl methyl sites for hydroxylation is 1. The van der Waals surface area contributed by atoms with E-state index in [2.05, 4.69) is 10.3 Å². The smallest absolute Gasteiger partial charge is 0.306 e. The minimum Gasteiger partial charge on any atom is -0.481 e. The fraction of sp³-hybridized carbons (Fsp3) is 0.538. The summed E-state index contributed by atoms with van der Waals surface area (Å²) in [5.41, 5.74) is 1.14. The molecule has 2 N–H and O–H groups in total. The summed E-state index contributed by atoms with van der Waals surface area (Å²) >= 11 is 0. The lowest BCUT2D eigenvalue weighted by Crippen LogP contribution is -2.29. The van der Waals surface area contributed by atoms with Crippen LogP contribution in [-0.2, 0) is 4.79 Å². The number of carboxylic acid groups (broad SMARTS) is 1. The van der Waals surface area contributed by atoms with Crippen molar-refractivity contribution >= 4 is 11.8 Å².